The second kappa shape index (κ2) is 3.91. The Morgan fingerprint density at radius 2 is 1.89 bits per heavy atom. The first-order valence-corrected chi connectivity index (χ1v) is 5.58. The molecule has 0 aliphatic heterocycles. The van der Waals surface area contributed by atoms with Crippen molar-refractivity contribution in [3.8, 4) is 17.2 Å². The first-order valence-electron chi connectivity index (χ1n) is 5.58. The van der Waals surface area contributed by atoms with Crippen molar-refractivity contribution >= 4 is 21.9 Å². The number of phenols is 2. The van der Waals surface area contributed by atoms with Gasteiger partial charge in [-0.3, -0.25) is 4.79 Å². The predicted octanol–water partition coefficient (Wildman–Crippen LogP) is 2.37. The van der Waals surface area contributed by atoms with E-state index in [1.54, 1.807) is 24.3 Å². The fourth-order valence-corrected chi connectivity index (χ4v) is 2.10. The van der Waals surface area contributed by atoms with Crippen LogP contribution in [0.3, 0.4) is 0 Å². The quantitative estimate of drug-likeness (QED) is 0.517. The molecule has 0 amide bonds. The van der Waals surface area contributed by atoms with Gasteiger partial charge in [-0.25, -0.2) is 0 Å². The van der Waals surface area contributed by atoms with Crippen molar-refractivity contribution in [1.29, 1.82) is 0 Å². The summed E-state index contributed by atoms with van der Waals surface area (Å²) in [6.45, 7) is 0. The Hall–Kier alpha value is -2.69. The van der Waals surface area contributed by atoms with Gasteiger partial charge in [0.2, 0.25) is 11.2 Å². The molecule has 5 nitrogen and oxygen atoms in total. The van der Waals surface area contributed by atoms with E-state index in [0.29, 0.717) is 11.0 Å². The second-order valence-electron chi connectivity index (χ2n) is 4.08. The first-order chi connectivity index (χ1) is 9.13. The number of hydrogen-bond acceptors (Lipinski definition) is 5. The van der Waals surface area contributed by atoms with Gasteiger partial charge in [0, 0.05) is 6.07 Å². The molecule has 19 heavy (non-hydrogen) atoms. The van der Waals surface area contributed by atoms with Gasteiger partial charge in [-0.1, -0.05) is 12.1 Å². The SMILES string of the molecule is COc1c(O)c(O)cc2oc3ccccc3c(=O)c12. The Morgan fingerprint density at radius 3 is 2.63 bits per heavy atom. The van der Waals surface area contributed by atoms with Crippen molar-refractivity contribution in [2.24, 2.45) is 0 Å². The van der Waals surface area contributed by atoms with Crippen molar-refractivity contribution < 1.29 is 19.4 Å². The molecule has 0 aliphatic rings. The molecule has 0 saturated carbocycles. The summed E-state index contributed by atoms with van der Waals surface area (Å²) in [7, 11) is 1.31. The van der Waals surface area contributed by atoms with Gasteiger partial charge in [-0.05, 0) is 12.1 Å². The lowest BCUT2D eigenvalue weighted by Crippen LogP contribution is -2.04. The molecule has 1 heterocycles. The number of hydrogen-bond donors (Lipinski definition) is 2. The van der Waals surface area contributed by atoms with Crippen molar-refractivity contribution in [1.82, 2.24) is 0 Å². The lowest BCUT2D eigenvalue weighted by molar-refractivity contribution is 0.354. The van der Waals surface area contributed by atoms with Gasteiger partial charge < -0.3 is 19.4 Å². The summed E-state index contributed by atoms with van der Waals surface area (Å²) >= 11 is 0. The van der Waals surface area contributed by atoms with Crippen molar-refractivity contribution in [3.05, 3.63) is 40.6 Å². The van der Waals surface area contributed by atoms with Gasteiger partial charge in [-0.15, -0.1) is 0 Å². The molecule has 96 valence electrons. The molecular weight excluding hydrogens is 248 g/mol. The molecule has 0 atom stereocenters. The minimum atomic E-state index is -0.474. The summed E-state index contributed by atoms with van der Waals surface area (Å²) in [5.41, 5.74) is 0.256. The van der Waals surface area contributed by atoms with E-state index in [-0.39, 0.29) is 22.1 Å². The van der Waals surface area contributed by atoms with Gasteiger partial charge in [0.1, 0.15) is 16.6 Å². The predicted molar refractivity (Wildman–Crippen MR) is 69.9 cm³/mol. The third-order valence-corrected chi connectivity index (χ3v) is 2.98. The Kier molecular flexibility index (Phi) is 2.35. The maximum atomic E-state index is 12.4. The number of fused-ring (bicyclic) bond motifs is 2. The fraction of sp³-hybridized carbons (Fsp3) is 0.0714. The maximum Gasteiger partial charge on any atom is 0.204 e. The summed E-state index contributed by atoms with van der Waals surface area (Å²) < 4.78 is 10.6. The second-order valence-corrected chi connectivity index (χ2v) is 4.08. The standard InChI is InChI=1S/C14H10O5/c1-18-14-11-10(6-8(15)13(14)17)19-9-5-3-2-4-7(9)12(11)16/h2-6,15,17H,1H3. The molecule has 2 N–H and O–H groups in total. The molecule has 3 aromatic rings. The van der Waals surface area contributed by atoms with Gasteiger partial charge in [-0.2, -0.15) is 0 Å². The molecule has 5 heteroatoms. The number of ether oxygens (including phenoxy) is 1. The third kappa shape index (κ3) is 1.52. The number of benzene rings is 2. The van der Waals surface area contributed by atoms with Crippen LogP contribution in [0.2, 0.25) is 0 Å². The summed E-state index contributed by atoms with van der Waals surface area (Å²) in [6, 6.07) is 7.95. The van der Waals surface area contributed by atoms with Crippen molar-refractivity contribution in [2.45, 2.75) is 0 Å². The van der Waals surface area contributed by atoms with Crippen LogP contribution < -0.4 is 10.2 Å². The highest BCUT2D eigenvalue weighted by molar-refractivity contribution is 5.95. The molecule has 0 radical (unpaired) electrons. The van der Waals surface area contributed by atoms with E-state index in [1.807, 2.05) is 0 Å². The zero-order valence-electron chi connectivity index (χ0n) is 10.0. The van der Waals surface area contributed by atoms with Crippen LogP contribution in [0.25, 0.3) is 21.9 Å². The molecule has 0 fully saturated rings. The van der Waals surface area contributed by atoms with Crippen molar-refractivity contribution in [3.63, 3.8) is 0 Å². The van der Waals surface area contributed by atoms with E-state index < -0.39 is 11.5 Å². The smallest absolute Gasteiger partial charge is 0.204 e. The number of aromatic hydroxyl groups is 2. The Labute approximate surface area is 107 Å². The largest absolute Gasteiger partial charge is 0.504 e. The van der Waals surface area contributed by atoms with Gasteiger partial charge in [0.15, 0.2) is 11.5 Å². The summed E-state index contributed by atoms with van der Waals surface area (Å²) in [6.07, 6.45) is 0. The summed E-state index contributed by atoms with van der Waals surface area (Å²) in [4.78, 5) is 12.4. The molecule has 0 unspecified atom stereocenters. The zero-order valence-corrected chi connectivity index (χ0v) is 10.0. The highest BCUT2D eigenvalue weighted by atomic mass is 16.5. The van der Waals surface area contributed by atoms with Crippen LogP contribution in [0.4, 0.5) is 0 Å². The maximum absolute atomic E-state index is 12.4. The van der Waals surface area contributed by atoms with E-state index in [2.05, 4.69) is 0 Å². The lowest BCUT2D eigenvalue weighted by Gasteiger charge is -2.09. The minimum Gasteiger partial charge on any atom is -0.504 e. The van der Waals surface area contributed by atoms with Crippen LogP contribution in [0.5, 0.6) is 17.2 Å². The van der Waals surface area contributed by atoms with Crippen LogP contribution in [-0.4, -0.2) is 17.3 Å². The highest BCUT2D eigenvalue weighted by Gasteiger charge is 2.18. The van der Waals surface area contributed by atoms with E-state index in [9.17, 15) is 15.0 Å². The van der Waals surface area contributed by atoms with Gasteiger partial charge >= 0.3 is 0 Å². The third-order valence-electron chi connectivity index (χ3n) is 2.98. The Balaban J connectivity index is 2.63. The summed E-state index contributed by atoms with van der Waals surface area (Å²) in [5.74, 6) is -0.963. The average molecular weight is 258 g/mol. The monoisotopic (exact) mass is 258 g/mol. The molecule has 0 bridgehead atoms. The van der Waals surface area contributed by atoms with Gasteiger partial charge in [0.25, 0.3) is 0 Å². The van der Waals surface area contributed by atoms with Crippen LogP contribution in [-0.2, 0) is 0 Å². The van der Waals surface area contributed by atoms with Crippen LogP contribution in [0, 0.1) is 0 Å². The Morgan fingerprint density at radius 1 is 1.16 bits per heavy atom. The average Bonchev–Trinajstić information content (AvgIpc) is 2.41. The molecule has 1 aromatic heterocycles. The number of rotatable bonds is 1. The highest BCUT2D eigenvalue weighted by Crippen LogP contribution is 2.41. The van der Waals surface area contributed by atoms with Gasteiger partial charge in [0.05, 0.1) is 12.5 Å². The van der Waals surface area contributed by atoms with Crippen LogP contribution in [0.15, 0.2) is 39.5 Å². The molecule has 3 rings (SSSR count). The van der Waals surface area contributed by atoms with E-state index in [1.165, 1.54) is 13.2 Å². The number of phenolic OH excluding ortho intramolecular Hbond substituents is 2. The normalized spacial score (nSPS) is 11.0. The van der Waals surface area contributed by atoms with Crippen LogP contribution in [0.1, 0.15) is 0 Å². The molecule has 0 spiro atoms. The molecule has 2 aromatic carbocycles. The Bertz CT molecular complexity index is 848. The summed E-state index contributed by atoms with van der Waals surface area (Å²) in [5, 5.41) is 19.8. The molecule has 0 aliphatic carbocycles. The number of methoxy groups -OCH3 is 1. The van der Waals surface area contributed by atoms with Crippen LogP contribution >= 0.6 is 0 Å². The first kappa shape index (κ1) is 11.4. The molecular formula is C14H10O5. The van der Waals surface area contributed by atoms with E-state index in [4.69, 9.17) is 9.15 Å². The minimum absolute atomic E-state index is 0.0884. The topological polar surface area (TPSA) is 79.9 Å². The fourth-order valence-electron chi connectivity index (χ4n) is 2.10. The lowest BCUT2D eigenvalue weighted by atomic mass is 10.1. The van der Waals surface area contributed by atoms with E-state index in [0.717, 1.165) is 0 Å². The van der Waals surface area contributed by atoms with E-state index >= 15 is 0 Å². The number of para-hydroxylation sites is 1. The van der Waals surface area contributed by atoms with Crippen molar-refractivity contribution in [2.75, 3.05) is 7.11 Å². The zero-order chi connectivity index (χ0) is 13.6. The molecule has 0 saturated heterocycles.